The monoisotopic (exact) mass is 434 g/mol. The second-order valence-corrected chi connectivity index (χ2v) is 8.04. The molecule has 2 saturated heterocycles. The molecule has 2 aliphatic rings. The second kappa shape index (κ2) is 8.36. The lowest BCUT2D eigenvalue weighted by Crippen LogP contribution is -2.52. The van der Waals surface area contributed by atoms with Gasteiger partial charge in [-0.3, -0.25) is 4.90 Å². The smallest absolute Gasteiger partial charge is 0.475 e. The van der Waals surface area contributed by atoms with Crippen LogP contribution < -0.4 is 0 Å². The third-order valence-corrected chi connectivity index (χ3v) is 5.87. The maximum atomic E-state index is 10.6. The summed E-state index contributed by atoms with van der Waals surface area (Å²) in [4.78, 5) is 20.4. The van der Waals surface area contributed by atoms with Crippen molar-refractivity contribution in [3.05, 3.63) is 27.8 Å². The van der Waals surface area contributed by atoms with Crippen molar-refractivity contribution in [2.45, 2.75) is 50.9 Å². The van der Waals surface area contributed by atoms with E-state index in [1.165, 1.54) is 5.01 Å². The van der Waals surface area contributed by atoms with Gasteiger partial charge in [0.2, 0.25) is 5.89 Å². The first-order valence-electron chi connectivity index (χ1n) is 8.96. The molecule has 2 aromatic heterocycles. The van der Waals surface area contributed by atoms with Crippen molar-refractivity contribution in [3.8, 4) is 0 Å². The van der Waals surface area contributed by atoms with Crippen molar-refractivity contribution >= 4 is 17.3 Å². The van der Waals surface area contributed by atoms with Gasteiger partial charge < -0.3 is 14.4 Å². The zero-order valence-corrected chi connectivity index (χ0v) is 16.7. The first kappa shape index (κ1) is 21.7. The molecule has 0 amide bonds. The number of ether oxygens (including phenoxy) is 1. The van der Waals surface area contributed by atoms with Crippen molar-refractivity contribution in [1.29, 1.82) is 0 Å². The highest BCUT2D eigenvalue weighted by atomic mass is 32.1. The van der Waals surface area contributed by atoms with Crippen LogP contribution in [0.3, 0.4) is 0 Å². The summed E-state index contributed by atoms with van der Waals surface area (Å²) >= 11 is 1.73. The second-order valence-electron chi connectivity index (χ2n) is 7.10. The number of aromatic nitrogens is 3. The summed E-state index contributed by atoms with van der Waals surface area (Å²) in [6.07, 6.45) is -2.93. The molecule has 160 valence electrons. The summed E-state index contributed by atoms with van der Waals surface area (Å²) in [6.45, 7) is 7.50. The molecular weight excluding hydrogens is 413 g/mol. The lowest BCUT2D eigenvalue weighted by molar-refractivity contribution is -0.192. The molecule has 2 aromatic rings. The molecule has 0 aliphatic carbocycles. The Labute approximate surface area is 168 Å². The highest BCUT2D eigenvalue weighted by Gasteiger charge is 2.52. The maximum Gasteiger partial charge on any atom is 0.490 e. The zero-order chi connectivity index (χ0) is 21.2. The van der Waals surface area contributed by atoms with Gasteiger partial charge in [-0.25, -0.2) is 9.78 Å². The van der Waals surface area contributed by atoms with Gasteiger partial charge in [-0.1, -0.05) is 5.16 Å². The molecule has 0 unspecified atom stereocenters. The van der Waals surface area contributed by atoms with Crippen LogP contribution in [0, 0.1) is 13.8 Å². The summed E-state index contributed by atoms with van der Waals surface area (Å²) in [7, 11) is 0. The molecule has 0 saturated carbocycles. The van der Waals surface area contributed by atoms with Gasteiger partial charge in [0.25, 0.3) is 0 Å². The van der Waals surface area contributed by atoms with Crippen LogP contribution in [0.1, 0.15) is 35.3 Å². The number of piperidine rings is 1. The SMILES string of the molecule is Cc1csc(CN2CC[C@H]3OCC[C@@]3(c3nc(C)no3)C2)n1.O=C(O)C(F)(F)F. The van der Waals surface area contributed by atoms with Crippen LogP contribution in [0.5, 0.6) is 0 Å². The van der Waals surface area contributed by atoms with E-state index in [-0.39, 0.29) is 11.5 Å². The Kier molecular flexibility index (Phi) is 6.24. The number of rotatable bonds is 3. The van der Waals surface area contributed by atoms with Crippen LogP contribution in [0.2, 0.25) is 0 Å². The summed E-state index contributed by atoms with van der Waals surface area (Å²) in [5, 5.41) is 14.4. The largest absolute Gasteiger partial charge is 0.490 e. The van der Waals surface area contributed by atoms with Crippen molar-refractivity contribution < 1.29 is 32.3 Å². The number of hydrogen-bond donors (Lipinski definition) is 1. The van der Waals surface area contributed by atoms with Gasteiger partial charge in [0.05, 0.1) is 18.1 Å². The van der Waals surface area contributed by atoms with Crippen LogP contribution in [-0.2, 0) is 21.5 Å². The Morgan fingerprint density at radius 2 is 2.14 bits per heavy atom. The van der Waals surface area contributed by atoms with Crippen molar-refractivity contribution in [1.82, 2.24) is 20.0 Å². The molecule has 0 aromatic carbocycles. The van der Waals surface area contributed by atoms with Gasteiger partial charge >= 0.3 is 12.1 Å². The molecule has 2 atom stereocenters. The highest BCUT2D eigenvalue weighted by Crippen LogP contribution is 2.43. The molecule has 29 heavy (non-hydrogen) atoms. The van der Waals surface area contributed by atoms with Gasteiger partial charge in [0.1, 0.15) is 5.01 Å². The Morgan fingerprint density at radius 1 is 1.41 bits per heavy atom. The summed E-state index contributed by atoms with van der Waals surface area (Å²) < 4.78 is 43.2. The Hall–Kier alpha value is -2.05. The highest BCUT2D eigenvalue weighted by molar-refractivity contribution is 7.09. The summed E-state index contributed by atoms with van der Waals surface area (Å²) in [5.41, 5.74) is 0.951. The fraction of sp³-hybridized carbons (Fsp3) is 0.647. The zero-order valence-electron chi connectivity index (χ0n) is 15.9. The number of hydrogen-bond acceptors (Lipinski definition) is 8. The molecule has 4 heterocycles. The Morgan fingerprint density at radius 3 is 2.69 bits per heavy atom. The van der Waals surface area contributed by atoms with E-state index in [0.29, 0.717) is 5.82 Å². The standard InChI is InChI=1S/C15H20N4O2S.C2HF3O2/c1-10-8-22-13(16-10)7-19-5-3-12-15(9-19,4-6-20-12)14-17-11(2)18-21-14;3-2(4,5)1(6)7/h8,12H,3-7,9H2,1-2H3;(H,6,7)/t12-,15-;/m1./s1. The topological polar surface area (TPSA) is 102 Å². The molecule has 2 fully saturated rings. The average Bonchev–Trinajstić information content (AvgIpc) is 3.35. The first-order chi connectivity index (χ1) is 13.6. The Bertz CT molecular complexity index is 856. The molecule has 0 bridgehead atoms. The van der Waals surface area contributed by atoms with Gasteiger partial charge in [-0.2, -0.15) is 18.2 Å². The summed E-state index contributed by atoms with van der Waals surface area (Å²) in [5.74, 6) is -1.32. The number of fused-ring (bicyclic) bond motifs is 1. The number of alkyl halides is 3. The normalized spacial score (nSPS) is 24.7. The van der Waals surface area contributed by atoms with E-state index in [9.17, 15) is 13.2 Å². The number of aryl methyl sites for hydroxylation is 2. The number of carbonyl (C=O) groups is 1. The molecule has 0 spiro atoms. The number of halogens is 3. The lowest BCUT2D eigenvalue weighted by Gasteiger charge is -2.40. The fourth-order valence-electron chi connectivity index (χ4n) is 3.64. The van der Waals surface area contributed by atoms with E-state index in [0.717, 1.165) is 50.7 Å². The molecule has 1 N–H and O–H groups in total. The molecule has 2 aliphatic heterocycles. The number of carboxylic acid groups (broad SMARTS) is 1. The fourth-order valence-corrected chi connectivity index (χ4v) is 4.45. The predicted molar refractivity (Wildman–Crippen MR) is 95.5 cm³/mol. The molecule has 8 nitrogen and oxygen atoms in total. The van der Waals surface area contributed by atoms with E-state index in [1.54, 1.807) is 11.3 Å². The van der Waals surface area contributed by atoms with Crippen LogP contribution in [0.4, 0.5) is 13.2 Å². The van der Waals surface area contributed by atoms with Crippen LogP contribution in [0.15, 0.2) is 9.90 Å². The van der Waals surface area contributed by atoms with Crippen LogP contribution in [0.25, 0.3) is 0 Å². The minimum atomic E-state index is -5.08. The van der Waals surface area contributed by atoms with Gasteiger partial charge in [-0.05, 0) is 26.7 Å². The van der Waals surface area contributed by atoms with Gasteiger partial charge in [0.15, 0.2) is 5.82 Å². The van der Waals surface area contributed by atoms with E-state index in [1.807, 2.05) is 13.8 Å². The minimum Gasteiger partial charge on any atom is -0.475 e. The maximum absolute atomic E-state index is 10.6. The predicted octanol–water partition coefficient (Wildman–Crippen LogP) is 2.71. The van der Waals surface area contributed by atoms with Crippen LogP contribution in [-0.4, -0.2) is 63.1 Å². The summed E-state index contributed by atoms with van der Waals surface area (Å²) in [6, 6.07) is 0. The number of thiazole rings is 1. The van der Waals surface area contributed by atoms with Gasteiger partial charge in [-0.15, -0.1) is 11.3 Å². The van der Waals surface area contributed by atoms with Crippen LogP contribution >= 0.6 is 11.3 Å². The van der Waals surface area contributed by atoms with E-state index in [2.05, 4.69) is 25.4 Å². The average molecular weight is 434 g/mol. The van der Waals surface area contributed by atoms with Gasteiger partial charge in [0, 0.05) is 30.8 Å². The van der Waals surface area contributed by atoms with E-state index in [4.69, 9.17) is 19.2 Å². The first-order valence-corrected chi connectivity index (χ1v) is 9.84. The molecule has 4 rings (SSSR count). The number of aliphatic carboxylic acids is 1. The van der Waals surface area contributed by atoms with E-state index < -0.39 is 12.1 Å². The van der Waals surface area contributed by atoms with Crippen molar-refractivity contribution in [2.75, 3.05) is 19.7 Å². The minimum absolute atomic E-state index is 0.147. The Balaban J connectivity index is 0.000000298. The molecule has 0 radical (unpaired) electrons. The third kappa shape index (κ3) is 4.93. The van der Waals surface area contributed by atoms with Crippen molar-refractivity contribution in [3.63, 3.8) is 0 Å². The number of nitrogens with zero attached hydrogens (tertiary/aromatic N) is 4. The molecule has 12 heteroatoms. The lowest BCUT2D eigenvalue weighted by atomic mass is 9.76. The van der Waals surface area contributed by atoms with Crippen molar-refractivity contribution in [2.24, 2.45) is 0 Å². The number of carboxylic acids is 1. The number of likely N-dealkylation sites (tertiary alicyclic amines) is 1. The third-order valence-electron chi connectivity index (χ3n) is 4.92. The van der Waals surface area contributed by atoms with E-state index >= 15 is 0 Å². The molecular formula is C17H21F3N4O4S. The quantitative estimate of drug-likeness (QED) is 0.787.